The van der Waals surface area contributed by atoms with Crippen LogP contribution < -0.4 is 10.2 Å². The normalized spacial score (nSPS) is 14.9. The maximum Gasteiger partial charge on any atom is 0.282 e. The van der Waals surface area contributed by atoms with Crippen molar-refractivity contribution in [2.24, 2.45) is 7.05 Å². The fourth-order valence-corrected chi connectivity index (χ4v) is 4.50. The molecule has 1 aliphatic heterocycles. The fraction of sp³-hybridized carbons (Fsp3) is 0.273. The molecule has 2 aromatic heterocycles. The molecule has 5 nitrogen and oxygen atoms in total. The molecule has 9 heteroatoms. The summed E-state index contributed by atoms with van der Waals surface area (Å²) < 4.78 is 28.0. The Morgan fingerprint density at radius 1 is 1.26 bits per heavy atom. The highest BCUT2D eigenvalue weighted by Crippen LogP contribution is 2.32. The lowest BCUT2D eigenvalue weighted by Gasteiger charge is -2.40. The molecule has 0 radical (unpaired) electrons. The molecule has 0 spiro atoms. The number of thioether (sulfide) groups is 1. The highest BCUT2D eigenvalue weighted by atomic mass is 35.5. The van der Waals surface area contributed by atoms with Crippen molar-refractivity contribution >= 4 is 40.6 Å². The summed E-state index contributed by atoms with van der Waals surface area (Å²) in [5, 5.41) is 3.45. The van der Waals surface area contributed by atoms with E-state index in [1.54, 1.807) is 53.3 Å². The van der Waals surface area contributed by atoms with E-state index >= 15 is 0 Å². The van der Waals surface area contributed by atoms with Gasteiger partial charge in [0.05, 0.1) is 41.9 Å². The molecule has 1 aliphatic rings. The molecule has 1 fully saturated rings. The van der Waals surface area contributed by atoms with Gasteiger partial charge in [0, 0.05) is 28.9 Å². The summed E-state index contributed by atoms with van der Waals surface area (Å²) in [6.45, 7) is 1.48. The molecule has 1 N–H and O–H groups in total. The Hall–Kier alpha value is -2.58. The first-order chi connectivity index (χ1) is 14.7. The lowest BCUT2D eigenvalue weighted by atomic mass is 10.1. The summed E-state index contributed by atoms with van der Waals surface area (Å²) in [5.74, 6) is -1.98. The molecule has 0 atom stereocenters. The zero-order chi connectivity index (χ0) is 22.2. The molecule has 3 heterocycles. The Kier molecular flexibility index (Phi) is 5.94. The van der Waals surface area contributed by atoms with Crippen LogP contribution in [0.3, 0.4) is 0 Å². The largest absolute Gasteiger partial charge is 0.358 e. The number of halogens is 3. The van der Waals surface area contributed by atoms with E-state index in [1.165, 1.54) is 0 Å². The van der Waals surface area contributed by atoms with Crippen LogP contribution in [0.5, 0.6) is 0 Å². The minimum Gasteiger partial charge on any atom is -0.358 e. The van der Waals surface area contributed by atoms with E-state index in [2.05, 4.69) is 17.2 Å². The molecule has 162 valence electrons. The maximum atomic E-state index is 13.1. The summed E-state index contributed by atoms with van der Waals surface area (Å²) in [4.78, 5) is 19.7. The molecule has 1 aromatic carbocycles. The van der Waals surface area contributed by atoms with Gasteiger partial charge in [0.15, 0.2) is 0 Å². The van der Waals surface area contributed by atoms with Crippen LogP contribution in [0.2, 0.25) is 5.02 Å². The van der Waals surface area contributed by atoms with Crippen LogP contribution >= 0.6 is 23.4 Å². The predicted molar refractivity (Wildman–Crippen MR) is 122 cm³/mol. The number of rotatable bonds is 6. The van der Waals surface area contributed by atoms with Crippen LogP contribution in [0.4, 0.5) is 20.2 Å². The molecule has 1 amide bonds. The van der Waals surface area contributed by atoms with Gasteiger partial charge in [0.1, 0.15) is 0 Å². The number of nitrogens with zero attached hydrogens (tertiary/aromatic N) is 3. The van der Waals surface area contributed by atoms with Crippen molar-refractivity contribution < 1.29 is 13.6 Å². The van der Waals surface area contributed by atoms with Gasteiger partial charge in [0.25, 0.3) is 11.8 Å². The highest BCUT2D eigenvalue weighted by molar-refractivity contribution is 7.99. The molecule has 0 bridgehead atoms. The number of amides is 1. The van der Waals surface area contributed by atoms with Crippen molar-refractivity contribution in [3.63, 3.8) is 0 Å². The van der Waals surface area contributed by atoms with Crippen LogP contribution in [0, 0.1) is 0 Å². The first-order valence-electron chi connectivity index (χ1n) is 9.74. The Bertz CT molecular complexity index is 1110. The minimum absolute atomic E-state index is 0.254. The SMILES string of the molecule is CCSc1cc(Cl)cc(NC(=O)c2cc(-c3ccc(N4CC(F)(F)C4)cn3)n(C)c2)c1. The van der Waals surface area contributed by atoms with Crippen molar-refractivity contribution in [3.8, 4) is 11.4 Å². The number of aromatic nitrogens is 2. The van der Waals surface area contributed by atoms with Crippen LogP contribution in [0.25, 0.3) is 11.4 Å². The number of hydrogen-bond acceptors (Lipinski definition) is 4. The number of alkyl halides is 2. The molecule has 0 saturated carbocycles. The van der Waals surface area contributed by atoms with Crippen LogP contribution in [-0.4, -0.2) is 40.2 Å². The Morgan fingerprint density at radius 3 is 2.68 bits per heavy atom. The standard InChI is InChI=1S/C22H21ClF2N4OS/c1-3-31-18-8-15(23)7-16(9-18)27-21(30)14-6-20(28(2)11-14)19-5-4-17(10-26-19)29-12-22(24,25)13-29/h4-11H,3,12-13H2,1-2H3,(H,27,30). The van der Waals surface area contributed by atoms with Gasteiger partial charge < -0.3 is 14.8 Å². The van der Waals surface area contributed by atoms with E-state index in [0.717, 1.165) is 16.3 Å². The summed E-state index contributed by atoms with van der Waals surface area (Å²) >= 11 is 7.81. The first kappa shape index (κ1) is 21.6. The molecule has 31 heavy (non-hydrogen) atoms. The minimum atomic E-state index is -2.63. The summed E-state index contributed by atoms with van der Waals surface area (Å²) in [7, 11) is 1.83. The van der Waals surface area contributed by atoms with Crippen molar-refractivity contribution in [1.29, 1.82) is 0 Å². The lowest BCUT2D eigenvalue weighted by Crippen LogP contribution is -2.56. The smallest absolute Gasteiger partial charge is 0.282 e. The average molecular weight is 463 g/mol. The fourth-order valence-electron chi connectivity index (χ4n) is 3.45. The van der Waals surface area contributed by atoms with Gasteiger partial charge in [-0.05, 0) is 42.2 Å². The number of hydrogen-bond donors (Lipinski definition) is 1. The highest BCUT2D eigenvalue weighted by Gasteiger charge is 2.44. The number of carbonyl (C=O) groups excluding carboxylic acids is 1. The van der Waals surface area contributed by atoms with E-state index in [1.807, 2.05) is 23.7 Å². The molecular weight excluding hydrogens is 442 g/mol. The molecule has 1 saturated heterocycles. The van der Waals surface area contributed by atoms with Crippen molar-refractivity contribution in [2.45, 2.75) is 17.7 Å². The Morgan fingerprint density at radius 2 is 2.03 bits per heavy atom. The maximum absolute atomic E-state index is 13.1. The summed E-state index contributed by atoms with van der Waals surface area (Å²) in [6, 6.07) is 10.8. The second kappa shape index (κ2) is 8.51. The lowest BCUT2D eigenvalue weighted by molar-refractivity contribution is -0.0262. The molecule has 3 aromatic rings. The number of nitrogens with one attached hydrogen (secondary N) is 1. The summed E-state index contributed by atoms with van der Waals surface area (Å²) in [5.41, 5.74) is 3.17. The van der Waals surface area contributed by atoms with Gasteiger partial charge >= 0.3 is 0 Å². The third-order valence-corrected chi connectivity index (χ3v) is 6.00. The number of pyridine rings is 1. The average Bonchev–Trinajstić information content (AvgIpc) is 3.08. The predicted octanol–water partition coefficient (Wildman–Crippen LogP) is 5.56. The Balaban J connectivity index is 1.49. The number of aryl methyl sites for hydroxylation is 1. The van der Waals surface area contributed by atoms with Crippen LogP contribution in [0.15, 0.2) is 53.7 Å². The second-order valence-corrected chi connectivity index (χ2v) is 9.18. The van der Waals surface area contributed by atoms with Crippen LogP contribution in [0.1, 0.15) is 17.3 Å². The van der Waals surface area contributed by atoms with Crippen molar-refractivity contribution in [1.82, 2.24) is 9.55 Å². The van der Waals surface area contributed by atoms with Gasteiger partial charge in [-0.15, -0.1) is 11.8 Å². The topological polar surface area (TPSA) is 50.2 Å². The van der Waals surface area contributed by atoms with Crippen LogP contribution in [-0.2, 0) is 7.05 Å². The molecule has 0 unspecified atom stereocenters. The van der Waals surface area contributed by atoms with Gasteiger partial charge in [-0.3, -0.25) is 9.78 Å². The van der Waals surface area contributed by atoms with Gasteiger partial charge in [-0.25, -0.2) is 8.78 Å². The first-order valence-corrected chi connectivity index (χ1v) is 11.1. The van der Waals surface area contributed by atoms with Gasteiger partial charge in [0.2, 0.25) is 0 Å². The van der Waals surface area contributed by atoms with E-state index in [9.17, 15) is 13.6 Å². The third-order valence-electron chi connectivity index (χ3n) is 4.93. The zero-order valence-corrected chi connectivity index (χ0v) is 18.6. The number of anilines is 2. The third kappa shape index (κ3) is 4.85. The van der Waals surface area contributed by atoms with E-state index < -0.39 is 5.92 Å². The molecule has 4 rings (SSSR count). The molecule has 0 aliphatic carbocycles. The zero-order valence-electron chi connectivity index (χ0n) is 17.0. The number of benzene rings is 1. The molecular formula is C22H21ClF2N4OS. The van der Waals surface area contributed by atoms with Crippen molar-refractivity contribution in [3.05, 3.63) is 59.4 Å². The summed E-state index contributed by atoms with van der Waals surface area (Å²) in [6.07, 6.45) is 3.30. The van der Waals surface area contributed by atoms with Gasteiger partial charge in [-0.2, -0.15) is 0 Å². The Labute approximate surface area is 188 Å². The van der Waals surface area contributed by atoms with E-state index in [-0.39, 0.29) is 19.0 Å². The van der Waals surface area contributed by atoms with Gasteiger partial charge in [-0.1, -0.05) is 18.5 Å². The van der Waals surface area contributed by atoms with E-state index in [0.29, 0.717) is 27.7 Å². The quantitative estimate of drug-likeness (QED) is 0.487. The second-order valence-electron chi connectivity index (χ2n) is 7.40. The monoisotopic (exact) mass is 462 g/mol. The number of carbonyl (C=O) groups is 1. The van der Waals surface area contributed by atoms with Crippen molar-refractivity contribution in [2.75, 3.05) is 29.1 Å². The van der Waals surface area contributed by atoms with E-state index in [4.69, 9.17) is 11.6 Å².